The van der Waals surface area contributed by atoms with Crippen molar-refractivity contribution in [1.29, 1.82) is 0 Å². The van der Waals surface area contributed by atoms with Crippen LogP contribution >= 0.6 is 0 Å². The van der Waals surface area contributed by atoms with Crippen molar-refractivity contribution < 1.29 is 4.79 Å². The first-order chi connectivity index (χ1) is 9.74. The molecule has 1 aromatic heterocycles. The summed E-state index contributed by atoms with van der Waals surface area (Å²) in [5.74, 6) is 0.0327. The van der Waals surface area contributed by atoms with Gasteiger partial charge in [0.2, 0.25) is 0 Å². The third-order valence-electron chi connectivity index (χ3n) is 3.56. The normalized spacial score (nSPS) is 13.1. The summed E-state index contributed by atoms with van der Waals surface area (Å²) in [6.07, 6.45) is 1.74. The second kappa shape index (κ2) is 5.43. The molecule has 102 valence electrons. The number of benzene rings is 1. The highest BCUT2D eigenvalue weighted by atomic mass is 16.2. The molecule has 3 rings (SSSR count). The maximum absolute atomic E-state index is 12.4. The van der Waals surface area contributed by atoms with E-state index in [9.17, 15) is 4.79 Å². The second-order valence-corrected chi connectivity index (χ2v) is 5.07. The van der Waals surface area contributed by atoms with Gasteiger partial charge in [0.15, 0.2) is 0 Å². The van der Waals surface area contributed by atoms with Crippen molar-refractivity contribution in [3.63, 3.8) is 0 Å². The average molecular weight is 267 g/mol. The van der Waals surface area contributed by atoms with Crippen LogP contribution in [0.15, 0.2) is 42.6 Å². The van der Waals surface area contributed by atoms with Gasteiger partial charge in [0.05, 0.1) is 12.2 Å². The number of fused-ring (bicyclic) bond motifs is 1. The Balaban J connectivity index is 1.75. The van der Waals surface area contributed by atoms with Gasteiger partial charge in [0.25, 0.3) is 5.91 Å². The molecule has 1 amide bonds. The summed E-state index contributed by atoms with van der Waals surface area (Å²) in [4.78, 5) is 18.4. The van der Waals surface area contributed by atoms with E-state index in [-0.39, 0.29) is 5.91 Å². The minimum absolute atomic E-state index is 0.0327. The van der Waals surface area contributed by atoms with E-state index in [4.69, 9.17) is 0 Å². The van der Waals surface area contributed by atoms with Crippen LogP contribution in [-0.4, -0.2) is 22.8 Å². The van der Waals surface area contributed by atoms with E-state index < -0.39 is 0 Å². The lowest BCUT2D eigenvalue weighted by molar-refractivity contribution is 0.0783. The Morgan fingerprint density at radius 2 is 2.10 bits per heavy atom. The maximum Gasteiger partial charge on any atom is 0.253 e. The molecule has 1 aromatic carbocycles. The van der Waals surface area contributed by atoms with E-state index in [1.54, 1.807) is 11.1 Å². The van der Waals surface area contributed by atoms with E-state index in [0.29, 0.717) is 6.54 Å². The molecule has 0 aliphatic carbocycles. The number of hydrogen-bond acceptors (Lipinski definition) is 3. The van der Waals surface area contributed by atoms with Crippen LogP contribution in [0.25, 0.3) is 0 Å². The van der Waals surface area contributed by atoms with Gasteiger partial charge < -0.3 is 10.2 Å². The predicted octanol–water partition coefficient (Wildman–Crippen LogP) is 1.96. The van der Waals surface area contributed by atoms with Crippen molar-refractivity contribution in [2.45, 2.75) is 19.6 Å². The second-order valence-electron chi connectivity index (χ2n) is 5.07. The van der Waals surface area contributed by atoms with Crippen LogP contribution in [0.4, 0.5) is 0 Å². The van der Waals surface area contributed by atoms with Gasteiger partial charge in [-0.3, -0.25) is 9.78 Å². The molecule has 0 fully saturated rings. The van der Waals surface area contributed by atoms with Crippen LogP contribution in [0.2, 0.25) is 0 Å². The molecule has 0 bridgehead atoms. The quantitative estimate of drug-likeness (QED) is 0.924. The number of carbonyl (C=O) groups excluding carboxylic acids is 1. The summed E-state index contributed by atoms with van der Waals surface area (Å²) in [6.45, 7) is 2.27. The highest BCUT2D eigenvalue weighted by molar-refractivity contribution is 5.94. The van der Waals surface area contributed by atoms with Gasteiger partial charge in [-0.1, -0.05) is 12.1 Å². The zero-order valence-corrected chi connectivity index (χ0v) is 11.5. The van der Waals surface area contributed by atoms with Gasteiger partial charge in [-0.15, -0.1) is 0 Å². The molecule has 0 atom stereocenters. The Morgan fingerprint density at radius 3 is 2.90 bits per heavy atom. The van der Waals surface area contributed by atoms with Crippen molar-refractivity contribution in [3.05, 3.63) is 65.0 Å². The lowest BCUT2D eigenvalue weighted by Crippen LogP contribution is -2.26. The van der Waals surface area contributed by atoms with Crippen LogP contribution in [0.1, 0.15) is 27.2 Å². The molecule has 2 heterocycles. The number of hydrogen-bond donors (Lipinski definition) is 1. The van der Waals surface area contributed by atoms with Gasteiger partial charge in [0.1, 0.15) is 0 Å². The number of aromatic nitrogens is 1. The molecule has 4 nitrogen and oxygen atoms in total. The van der Waals surface area contributed by atoms with E-state index in [2.05, 4.69) is 10.3 Å². The summed E-state index contributed by atoms with van der Waals surface area (Å²) in [5, 5.41) is 3.29. The van der Waals surface area contributed by atoms with Gasteiger partial charge in [-0.25, -0.2) is 0 Å². The smallest absolute Gasteiger partial charge is 0.253 e. The Hall–Kier alpha value is -2.20. The molecule has 1 aliphatic heterocycles. The first kappa shape index (κ1) is 12.8. The summed E-state index contributed by atoms with van der Waals surface area (Å²) >= 11 is 0. The Bertz CT molecular complexity index is 625. The van der Waals surface area contributed by atoms with E-state index in [1.807, 2.05) is 43.4 Å². The molecule has 0 spiro atoms. The average Bonchev–Trinajstić information content (AvgIpc) is 2.94. The molecule has 0 radical (unpaired) electrons. The van der Waals surface area contributed by atoms with Crippen LogP contribution in [-0.2, 0) is 19.6 Å². The summed E-state index contributed by atoms with van der Waals surface area (Å²) < 4.78 is 0. The van der Waals surface area contributed by atoms with Crippen LogP contribution in [0.5, 0.6) is 0 Å². The highest BCUT2D eigenvalue weighted by Gasteiger charge is 2.16. The van der Waals surface area contributed by atoms with E-state index >= 15 is 0 Å². The zero-order valence-electron chi connectivity index (χ0n) is 11.5. The van der Waals surface area contributed by atoms with E-state index in [0.717, 1.165) is 24.3 Å². The van der Waals surface area contributed by atoms with Crippen molar-refractivity contribution in [1.82, 2.24) is 15.2 Å². The molecule has 20 heavy (non-hydrogen) atoms. The third-order valence-corrected chi connectivity index (χ3v) is 3.56. The standard InChI is InChI=1S/C16H17N3O/c1-19(11-15-4-2-3-7-18-15)16(20)12-5-6-13-9-17-10-14(13)8-12/h2-8,17H,9-11H2,1H3. The fourth-order valence-corrected chi connectivity index (χ4v) is 2.45. The number of amides is 1. The lowest BCUT2D eigenvalue weighted by atomic mass is 10.1. The lowest BCUT2D eigenvalue weighted by Gasteiger charge is -2.17. The number of nitrogens with one attached hydrogen (secondary N) is 1. The predicted molar refractivity (Wildman–Crippen MR) is 77.0 cm³/mol. The van der Waals surface area contributed by atoms with Gasteiger partial charge in [-0.2, -0.15) is 0 Å². The fraction of sp³-hybridized carbons (Fsp3) is 0.250. The van der Waals surface area contributed by atoms with Crippen LogP contribution in [0, 0.1) is 0 Å². The summed E-state index contributed by atoms with van der Waals surface area (Å²) in [7, 11) is 1.81. The highest BCUT2D eigenvalue weighted by Crippen LogP contribution is 2.18. The van der Waals surface area contributed by atoms with Crippen molar-refractivity contribution in [2.24, 2.45) is 0 Å². The van der Waals surface area contributed by atoms with Crippen molar-refractivity contribution in [3.8, 4) is 0 Å². The zero-order chi connectivity index (χ0) is 13.9. The topological polar surface area (TPSA) is 45.2 Å². The summed E-state index contributed by atoms with van der Waals surface area (Å²) in [5.41, 5.74) is 4.15. The molecule has 2 aromatic rings. The fourth-order valence-electron chi connectivity index (χ4n) is 2.45. The van der Waals surface area contributed by atoms with E-state index in [1.165, 1.54) is 11.1 Å². The van der Waals surface area contributed by atoms with Crippen molar-refractivity contribution >= 4 is 5.91 Å². The monoisotopic (exact) mass is 267 g/mol. The van der Waals surface area contributed by atoms with Crippen molar-refractivity contribution in [2.75, 3.05) is 7.05 Å². The summed E-state index contributed by atoms with van der Waals surface area (Å²) in [6, 6.07) is 11.7. The molecule has 1 N–H and O–H groups in total. The Labute approximate surface area is 118 Å². The number of nitrogens with zero attached hydrogens (tertiary/aromatic N) is 2. The van der Waals surface area contributed by atoms with Crippen LogP contribution in [0.3, 0.4) is 0 Å². The molecule has 0 saturated heterocycles. The first-order valence-electron chi connectivity index (χ1n) is 6.72. The Morgan fingerprint density at radius 1 is 1.25 bits per heavy atom. The number of carbonyl (C=O) groups is 1. The molecule has 1 aliphatic rings. The van der Waals surface area contributed by atoms with Crippen LogP contribution < -0.4 is 5.32 Å². The van der Waals surface area contributed by atoms with Gasteiger partial charge in [0, 0.05) is 31.9 Å². The molecule has 0 saturated carbocycles. The largest absolute Gasteiger partial charge is 0.336 e. The minimum Gasteiger partial charge on any atom is -0.336 e. The van der Waals surface area contributed by atoms with Gasteiger partial charge in [-0.05, 0) is 35.4 Å². The minimum atomic E-state index is 0.0327. The maximum atomic E-state index is 12.4. The molecule has 0 unspecified atom stereocenters. The number of pyridine rings is 1. The number of rotatable bonds is 3. The first-order valence-corrected chi connectivity index (χ1v) is 6.72. The Kier molecular flexibility index (Phi) is 3.48. The SMILES string of the molecule is CN(Cc1ccccn1)C(=O)c1ccc2c(c1)CNC2. The molecular weight excluding hydrogens is 250 g/mol. The van der Waals surface area contributed by atoms with Gasteiger partial charge >= 0.3 is 0 Å². The molecule has 4 heteroatoms. The molecular formula is C16H17N3O. The third kappa shape index (κ3) is 2.56.